The maximum atomic E-state index is 15.1. The van der Waals surface area contributed by atoms with Crippen molar-refractivity contribution in [3.63, 3.8) is 0 Å². The van der Waals surface area contributed by atoms with E-state index in [1.165, 1.54) is 24.5 Å². The molecule has 0 aliphatic carbocycles. The molecular weight excluding hydrogens is 452 g/mol. The molecule has 0 radical (unpaired) electrons. The summed E-state index contributed by atoms with van der Waals surface area (Å²) in [6.45, 7) is 1.64. The van der Waals surface area contributed by atoms with Crippen LogP contribution >= 0.6 is 0 Å². The van der Waals surface area contributed by atoms with E-state index in [4.69, 9.17) is 0 Å². The van der Waals surface area contributed by atoms with Gasteiger partial charge in [-0.15, -0.1) is 0 Å². The second-order valence-electron chi connectivity index (χ2n) is 7.41. The minimum absolute atomic E-state index is 0.0362. The summed E-state index contributed by atoms with van der Waals surface area (Å²) in [7, 11) is -3.85. The van der Waals surface area contributed by atoms with E-state index >= 15 is 4.39 Å². The normalized spacial score (nSPS) is 11.6. The summed E-state index contributed by atoms with van der Waals surface area (Å²) < 4.78 is 55.8. The first-order chi connectivity index (χ1) is 15.7. The molecule has 10 heteroatoms. The average molecular weight is 471 g/mol. The van der Waals surface area contributed by atoms with E-state index in [1.54, 1.807) is 25.1 Å². The summed E-state index contributed by atoms with van der Waals surface area (Å²) >= 11 is 0. The topological polar surface area (TPSA) is 112 Å². The number of nitrogens with zero attached hydrogens (tertiary/aromatic N) is 1. The lowest BCUT2D eigenvalue weighted by atomic mass is 10.00. The molecule has 2 aromatic carbocycles. The molecule has 0 bridgehead atoms. The molecule has 0 saturated carbocycles. The van der Waals surface area contributed by atoms with Gasteiger partial charge in [-0.3, -0.25) is 9.52 Å². The first kappa shape index (κ1) is 22.4. The Morgan fingerprint density at radius 1 is 1.15 bits per heavy atom. The number of carbonyl (C=O) groups excluding carboxylic acids is 1. The first-order valence-corrected chi connectivity index (χ1v) is 11.6. The fraction of sp³-hybridized carbons (Fsp3) is 0.130. The minimum atomic E-state index is -3.85. The van der Waals surface area contributed by atoms with Crippen LogP contribution in [0.1, 0.15) is 29.3 Å². The Balaban J connectivity index is 1.79. The number of sulfonamides is 1. The highest BCUT2D eigenvalue weighted by Gasteiger charge is 2.26. The molecule has 2 heterocycles. The number of ketones is 1. The molecule has 33 heavy (non-hydrogen) atoms. The molecule has 0 fully saturated rings. The van der Waals surface area contributed by atoms with Crippen LogP contribution in [0.15, 0.2) is 54.9 Å². The van der Waals surface area contributed by atoms with E-state index in [1.807, 2.05) is 0 Å². The van der Waals surface area contributed by atoms with E-state index in [-0.39, 0.29) is 17.1 Å². The zero-order valence-corrected chi connectivity index (χ0v) is 18.2. The lowest BCUT2D eigenvalue weighted by Gasteiger charge is -2.11. The van der Waals surface area contributed by atoms with Crippen LogP contribution < -0.4 is 4.72 Å². The Labute approximate surface area is 188 Å². The number of hydrogen-bond donors (Lipinski definition) is 3. The summed E-state index contributed by atoms with van der Waals surface area (Å²) in [6, 6.07) is 9.80. The van der Waals surface area contributed by atoms with E-state index in [9.17, 15) is 22.7 Å². The van der Waals surface area contributed by atoms with Gasteiger partial charge in [0.25, 0.3) is 0 Å². The monoisotopic (exact) mass is 471 g/mol. The Morgan fingerprint density at radius 2 is 1.94 bits per heavy atom. The van der Waals surface area contributed by atoms with Crippen LogP contribution in [-0.4, -0.2) is 35.0 Å². The molecule has 0 saturated heterocycles. The van der Waals surface area contributed by atoms with E-state index in [0.717, 1.165) is 12.1 Å². The van der Waals surface area contributed by atoms with Crippen LogP contribution in [0.2, 0.25) is 0 Å². The van der Waals surface area contributed by atoms with Crippen molar-refractivity contribution in [3.05, 3.63) is 77.6 Å². The fourth-order valence-corrected chi connectivity index (χ4v) is 4.63. The van der Waals surface area contributed by atoms with Crippen molar-refractivity contribution < 1.29 is 27.1 Å². The molecule has 0 unspecified atom stereocenters. The molecule has 0 aliphatic heterocycles. The van der Waals surface area contributed by atoms with Gasteiger partial charge in [0.15, 0.2) is 5.82 Å². The number of aromatic hydroxyl groups is 1. The standard InChI is InChI=1S/C23H19F2N3O4S/c1-2-8-33(31,32)28-19-7-6-18(24)20(21(19)25)22(30)17-12-27-23-16(17)10-14(11-26-23)13-4-3-5-15(29)9-13/h3-7,9-12,28-29H,2,8H2,1H3,(H,26,27). The second-order valence-corrected chi connectivity index (χ2v) is 9.25. The number of nitrogens with one attached hydrogen (secondary N) is 2. The SMILES string of the molecule is CCCS(=O)(=O)Nc1ccc(F)c(C(=O)c2c[nH]c3ncc(-c4cccc(O)c4)cc23)c1F. The van der Waals surface area contributed by atoms with E-state index in [2.05, 4.69) is 14.7 Å². The van der Waals surface area contributed by atoms with Crippen LogP contribution in [0.5, 0.6) is 5.75 Å². The number of rotatable bonds is 7. The van der Waals surface area contributed by atoms with Crippen molar-refractivity contribution in [1.82, 2.24) is 9.97 Å². The summed E-state index contributed by atoms with van der Waals surface area (Å²) in [6.07, 6.45) is 3.12. The number of anilines is 1. The number of pyridine rings is 1. The van der Waals surface area contributed by atoms with Gasteiger partial charge in [-0.25, -0.2) is 22.2 Å². The molecule has 0 amide bonds. The Kier molecular flexibility index (Phi) is 5.86. The average Bonchev–Trinajstić information content (AvgIpc) is 3.19. The summed E-state index contributed by atoms with van der Waals surface area (Å²) in [5, 5.41) is 10.0. The van der Waals surface area contributed by atoms with Crippen molar-refractivity contribution in [2.45, 2.75) is 13.3 Å². The van der Waals surface area contributed by atoms with Crippen LogP contribution in [0.3, 0.4) is 0 Å². The van der Waals surface area contributed by atoms with E-state index < -0.39 is 38.7 Å². The summed E-state index contributed by atoms with van der Waals surface area (Å²) in [5.41, 5.74) is 0.110. The predicted octanol–water partition coefficient (Wildman–Crippen LogP) is 4.60. The summed E-state index contributed by atoms with van der Waals surface area (Å²) in [4.78, 5) is 20.2. The van der Waals surface area contributed by atoms with Crippen molar-refractivity contribution in [2.24, 2.45) is 0 Å². The molecular formula is C23H19F2N3O4S. The van der Waals surface area contributed by atoms with Gasteiger partial charge in [-0.05, 0) is 42.3 Å². The highest BCUT2D eigenvalue weighted by Crippen LogP contribution is 2.30. The van der Waals surface area contributed by atoms with Gasteiger partial charge in [-0.1, -0.05) is 19.1 Å². The molecule has 4 aromatic rings. The van der Waals surface area contributed by atoms with Gasteiger partial charge >= 0.3 is 0 Å². The number of phenolic OH excluding ortho intramolecular Hbond substituents is 1. The van der Waals surface area contributed by atoms with Crippen molar-refractivity contribution in [1.29, 1.82) is 0 Å². The maximum absolute atomic E-state index is 15.1. The van der Waals surface area contributed by atoms with Crippen LogP contribution in [0.4, 0.5) is 14.5 Å². The number of fused-ring (bicyclic) bond motifs is 1. The minimum Gasteiger partial charge on any atom is -0.508 e. The quantitative estimate of drug-likeness (QED) is 0.341. The van der Waals surface area contributed by atoms with Gasteiger partial charge < -0.3 is 10.1 Å². The molecule has 170 valence electrons. The van der Waals surface area contributed by atoms with Crippen LogP contribution in [0.25, 0.3) is 22.2 Å². The molecule has 2 aromatic heterocycles. The lowest BCUT2D eigenvalue weighted by molar-refractivity contribution is 0.103. The first-order valence-electron chi connectivity index (χ1n) is 10.00. The Bertz CT molecular complexity index is 1480. The molecule has 4 rings (SSSR count). The zero-order chi connectivity index (χ0) is 23.8. The number of hydrogen-bond acceptors (Lipinski definition) is 5. The zero-order valence-electron chi connectivity index (χ0n) is 17.4. The second kappa shape index (κ2) is 8.62. The maximum Gasteiger partial charge on any atom is 0.232 e. The number of halogens is 2. The van der Waals surface area contributed by atoms with Crippen LogP contribution in [-0.2, 0) is 10.0 Å². The predicted molar refractivity (Wildman–Crippen MR) is 121 cm³/mol. The van der Waals surface area contributed by atoms with Gasteiger partial charge in [0.1, 0.15) is 17.2 Å². The van der Waals surface area contributed by atoms with E-state index in [0.29, 0.717) is 28.6 Å². The third-order valence-electron chi connectivity index (χ3n) is 5.01. The molecule has 0 aliphatic rings. The Morgan fingerprint density at radius 3 is 2.67 bits per heavy atom. The largest absolute Gasteiger partial charge is 0.508 e. The number of benzene rings is 2. The lowest BCUT2D eigenvalue weighted by Crippen LogP contribution is -2.18. The van der Waals surface area contributed by atoms with Crippen molar-refractivity contribution in [3.8, 4) is 16.9 Å². The number of aromatic nitrogens is 2. The molecule has 0 atom stereocenters. The smallest absolute Gasteiger partial charge is 0.232 e. The third kappa shape index (κ3) is 4.42. The van der Waals surface area contributed by atoms with Crippen molar-refractivity contribution in [2.75, 3.05) is 10.5 Å². The fourth-order valence-electron chi connectivity index (χ4n) is 3.50. The highest BCUT2D eigenvalue weighted by atomic mass is 32.2. The van der Waals surface area contributed by atoms with Crippen molar-refractivity contribution >= 4 is 32.5 Å². The number of aromatic amines is 1. The third-order valence-corrected chi connectivity index (χ3v) is 6.49. The number of H-pyrrole nitrogens is 1. The Hall–Kier alpha value is -3.79. The molecule has 3 N–H and O–H groups in total. The van der Waals surface area contributed by atoms with Crippen LogP contribution in [0, 0.1) is 11.6 Å². The van der Waals surface area contributed by atoms with Gasteiger partial charge in [0.05, 0.1) is 17.0 Å². The van der Waals surface area contributed by atoms with Gasteiger partial charge in [0, 0.05) is 28.9 Å². The van der Waals surface area contributed by atoms with Gasteiger partial charge in [0.2, 0.25) is 15.8 Å². The number of carbonyl (C=O) groups is 1. The summed E-state index contributed by atoms with van der Waals surface area (Å²) in [5.74, 6) is -3.60. The number of phenols is 1. The molecule has 0 spiro atoms. The molecule has 7 nitrogen and oxygen atoms in total. The highest BCUT2D eigenvalue weighted by molar-refractivity contribution is 7.92. The van der Waals surface area contributed by atoms with Gasteiger partial charge in [-0.2, -0.15) is 0 Å².